The molecule has 1 atom stereocenters. The zero-order chi connectivity index (χ0) is 10.4. The van der Waals surface area contributed by atoms with Crippen molar-refractivity contribution in [3.8, 4) is 0 Å². The first-order valence-corrected chi connectivity index (χ1v) is 4.62. The van der Waals surface area contributed by atoms with Crippen LogP contribution in [0.25, 0.3) is 0 Å². The molecule has 0 fully saturated rings. The number of anilines is 1. The van der Waals surface area contributed by atoms with Crippen molar-refractivity contribution in [1.82, 2.24) is 15.6 Å². The molecule has 6 N–H and O–H groups in total. The van der Waals surface area contributed by atoms with E-state index in [2.05, 4.69) is 22.5 Å². The highest BCUT2D eigenvalue weighted by Gasteiger charge is 2.14. The van der Waals surface area contributed by atoms with Crippen LogP contribution in [0.4, 0.5) is 5.82 Å². The monoisotopic (exact) mass is 199 g/mol. The molecule has 0 aromatic carbocycles. The Morgan fingerprint density at radius 3 is 3.00 bits per heavy atom. The molecular weight excluding hydrogens is 182 g/mol. The average Bonchev–Trinajstić information content (AvgIpc) is 2.60. The third kappa shape index (κ3) is 2.69. The molecule has 6 heteroatoms. The molecule has 1 aromatic heterocycles. The van der Waals surface area contributed by atoms with Crippen molar-refractivity contribution in [2.24, 2.45) is 5.84 Å². The van der Waals surface area contributed by atoms with E-state index in [4.69, 9.17) is 16.3 Å². The van der Waals surface area contributed by atoms with Crippen molar-refractivity contribution < 1.29 is 4.74 Å². The summed E-state index contributed by atoms with van der Waals surface area (Å²) in [6, 6.07) is -0.111. The van der Waals surface area contributed by atoms with Gasteiger partial charge in [-0.05, 0) is 6.42 Å². The molecule has 0 aliphatic rings. The van der Waals surface area contributed by atoms with Crippen molar-refractivity contribution in [3.05, 3.63) is 11.8 Å². The summed E-state index contributed by atoms with van der Waals surface area (Å²) in [5.41, 5.74) is 9.13. The van der Waals surface area contributed by atoms with Gasteiger partial charge in [0.25, 0.3) is 0 Å². The van der Waals surface area contributed by atoms with Crippen LogP contribution in [0, 0.1) is 0 Å². The van der Waals surface area contributed by atoms with Crippen LogP contribution < -0.4 is 17.0 Å². The summed E-state index contributed by atoms with van der Waals surface area (Å²) in [6.45, 7) is 3.26. The maximum Gasteiger partial charge on any atom is 0.123 e. The molecule has 0 aliphatic carbocycles. The quantitative estimate of drug-likeness (QED) is 0.291. The molecule has 0 radical (unpaired) electrons. The van der Waals surface area contributed by atoms with Crippen molar-refractivity contribution in [1.29, 1.82) is 0 Å². The lowest BCUT2D eigenvalue weighted by Crippen LogP contribution is -2.31. The fourth-order valence-corrected chi connectivity index (χ4v) is 1.16. The second-order valence-corrected chi connectivity index (χ2v) is 3.03. The van der Waals surface area contributed by atoms with Gasteiger partial charge in [0.15, 0.2) is 0 Å². The van der Waals surface area contributed by atoms with E-state index < -0.39 is 0 Å². The van der Waals surface area contributed by atoms with Crippen LogP contribution >= 0.6 is 0 Å². The fourth-order valence-electron chi connectivity index (χ4n) is 1.16. The fraction of sp³-hybridized carbons (Fsp3) is 0.625. The Labute approximate surface area is 83.0 Å². The minimum atomic E-state index is -0.111. The van der Waals surface area contributed by atoms with Crippen LogP contribution in [-0.2, 0) is 4.74 Å². The Balaban J connectivity index is 2.50. The Morgan fingerprint density at radius 2 is 2.50 bits per heavy atom. The summed E-state index contributed by atoms with van der Waals surface area (Å²) in [6.07, 6.45) is 2.63. The third-order valence-corrected chi connectivity index (χ3v) is 1.91. The second kappa shape index (κ2) is 5.58. The number of aromatic nitrogens is 2. The molecule has 80 valence electrons. The van der Waals surface area contributed by atoms with E-state index in [0.29, 0.717) is 12.4 Å². The molecule has 1 rings (SSSR count). The zero-order valence-corrected chi connectivity index (χ0v) is 8.29. The maximum absolute atomic E-state index is 5.65. The molecule has 0 amide bonds. The van der Waals surface area contributed by atoms with E-state index in [1.165, 1.54) is 0 Å². The molecule has 14 heavy (non-hydrogen) atoms. The predicted molar refractivity (Wildman–Crippen MR) is 54.2 cm³/mol. The summed E-state index contributed by atoms with van der Waals surface area (Å²) in [5, 5.41) is 6.47. The number of rotatable bonds is 6. The van der Waals surface area contributed by atoms with Gasteiger partial charge in [0.05, 0.1) is 18.8 Å². The minimum Gasteiger partial charge on any atom is -0.384 e. The van der Waals surface area contributed by atoms with Crippen molar-refractivity contribution in [2.75, 3.05) is 18.9 Å². The predicted octanol–water partition coefficient (Wildman–Crippen LogP) is -0.0771. The largest absolute Gasteiger partial charge is 0.384 e. The van der Waals surface area contributed by atoms with E-state index in [-0.39, 0.29) is 6.04 Å². The number of nitrogens with one attached hydrogen (secondary N) is 2. The SMILES string of the molecule is CCCOCC(NN)c1cn[nH]c1N. The van der Waals surface area contributed by atoms with E-state index in [9.17, 15) is 0 Å². The van der Waals surface area contributed by atoms with Gasteiger partial charge in [-0.1, -0.05) is 6.92 Å². The molecule has 0 bridgehead atoms. The Bertz CT molecular complexity index is 262. The van der Waals surface area contributed by atoms with E-state index in [1.807, 2.05) is 0 Å². The lowest BCUT2D eigenvalue weighted by Gasteiger charge is -2.14. The van der Waals surface area contributed by atoms with E-state index >= 15 is 0 Å². The van der Waals surface area contributed by atoms with Crippen LogP contribution in [0.3, 0.4) is 0 Å². The molecule has 6 nitrogen and oxygen atoms in total. The maximum atomic E-state index is 5.65. The number of nitrogens with two attached hydrogens (primary N) is 2. The first-order valence-electron chi connectivity index (χ1n) is 4.62. The van der Waals surface area contributed by atoms with Crippen molar-refractivity contribution in [3.63, 3.8) is 0 Å². The van der Waals surface area contributed by atoms with Crippen molar-refractivity contribution in [2.45, 2.75) is 19.4 Å². The highest BCUT2D eigenvalue weighted by molar-refractivity contribution is 5.39. The topological polar surface area (TPSA) is 102 Å². The zero-order valence-electron chi connectivity index (χ0n) is 8.29. The summed E-state index contributed by atoms with van der Waals surface area (Å²) in [4.78, 5) is 0. The molecule has 0 saturated carbocycles. The number of hydrogen-bond donors (Lipinski definition) is 4. The lowest BCUT2D eigenvalue weighted by molar-refractivity contribution is 0.112. The summed E-state index contributed by atoms with van der Waals surface area (Å²) in [7, 11) is 0. The van der Waals surface area contributed by atoms with Gasteiger partial charge >= 0.3 is 0 Å². The van der Waals surface area contributed by atoms with Crippen LogP contribution in [0.2, 0.25) is 0 Å². The summed E-state index contributed by atoms with van der Waals surface area (Å²) < 4.78 is 5.37. The Kier molecular flexibility index (Phi) is 4.37. The molecular formula is C8H17N5O. The highest BCUT2D eigenvalue weighted by Crippen LogP contribution is 2.16. The number of aromatic amines is 1. The van der Waals surface area contributed by atoms with Gasteiger partial charge in [0, 0.05) is 12.2 Å². The van der Waals surface area contributed by atoms with Crippen LogP contribution in [-0.4, -0.2) is 23.4 Å². The normalized spacial score (nSPS) is 13.0. The van der Waals surface area contributed by atoms with Crippen LogP contribution in [0.15, 0.2) is 6.20 Å². The number of hydrogen-bond acceptors (Lipinski definition) is 5. The Hall–Kier alpha value is -1.11. The molecule has 1 unspecified atom stereocenters. The first-order chi connectivity index (χ1) is 6.79. The molecule has 0 saturated heterocycles. The number of nitrogens with zero attached hydrogens (tertiary/aromatic N) is 1. The summed E-state index contributed by atoms with van der Waals surface area (Å²) >= 11 is 0. The van der Waals surface area contributed by atoms with Gasteiger partial charge in [-0.25, -0.2) is 0 Å². The molecule has 1 aromatic rings. The number of nitrogen functional groups attached to an aromatic ring is 1. The molecule has 0 spiro atoms. The summed E-state index contributed by atoms with van der Waals surface area (Å²) in [5.74, 6) is 5.91. The third-order valence-electron chi connectivity index (χ3n) is 1.91. The van der Waals surface area contributed by atoms with Gasteiger partial charge in [0.1, 0.15) is 5.82 Å². The number of ether oxygens (including phenoxy) is 1. The van der Waals surface area contributed by atoms with E-state index in [1.54, 1.807) is 6.20 Å². The van der Waals surface area contributed by atoms with Gasteiger partial charge in [0.2, 0.25) is 0 Å². The molecule has 0 aliphatic heterocycles. The van der Waals surface area contributed by atoms with Gasteiger partial charge < -0.3 is 10.5 Å². The number of hydrazine groups is 1. The second-order valence-electron chi connectivity index (χ2n) is 3.03. The highest BCUT2D eigenvalue weighted by atomic mass is 16.5. The van der Waals surface area contributed by atoms with Gasteiger partial charge in [-0.2, -0.15) is 5.10 Å². The van der Waals surface area contributed by atoms with Crippen LogP contribution in [0.5, 0.6) is 0 Å². The van der Waals surface area contributed by atoms with E-state index in [0.717, 1.165) is 18.6 Å². The average molecular weight is 199 g/mol. The van der Waals surface area contributed by atoms with Crippen LogP contribution in [0.1, 0.15) is 24.9 Å². The standard InChI is InChI=1S/C8H17N5O/c1-2-3-14-5-7(12-10)6-4-11-13-8(6)9/h4,7,12H,2-3,5,10H2,1H3,(H3,9,11,13). The lowest BCUT2D eigenvalue weighted by atomic mass is 10.1. The van der Waals surface area contributed by atoms with Gasteiger partial charge in [-0.15, -0.1) is 0 Å². The Morgan fingerprint density at radius 1 is 1.71 bits per heavy atom. The smallest absolute Gasteiger partial charge is 0.123 e. The first kappa shape index (κ1) is 11.0. The van der Waals surface area contributed by atoms with Gasteiger partial charge in [-0.3, -0.25) is 16.4 Å². The minimum absolute atomic E-state index is 0.111. The molecule has 1 heterocycles. The number of H-pyrrole nitrogens is 1. The van der Waals surface area contributed by atoms with Crippen molar-refractivity contribution >= 4 is 5.82 Å².